The summed E-state index contributed by atoms with van der Waals surface area (Å²) >= 11 is 0. The molecule has 4 aliphatic heterocycles. The molecule has 0 aromatic heterocycles. The SMILES string of the molecule is C[C@H]1[C@@H](OCCNC(=O)Nc2ccc(F)cc2)O[C@@H]2O[C@@]3(C)CC[C@H]4[C@H](C)CC[C@@H]1[C@@]24OO3. The largest absolute Gasteiger partial charge is 0.350 e. The van der Waals surface area contributed by atoms with E-state index >= 15 is 0 Å². The molecule has 5 aliphatic rings. The molecule has 33 heavy (non-hydrogen) atoms. The van der Waals surface area contributed by atoms with Crippen LogP contribution in [0.15, 0.2) is 24.3 Å². The molecule has 1 aromatic carbocycles. The molecule has 4 saturated heterocycles. The number of carbonyl (C=O) groups is 1. The van der Waals surface area contributed by atoms with Gasteiger partial charge in [-0.2, -0.15) is 0 Å². The smallest absolute Gasteiger partial charge is 0.319 e. The van der Waals surface area contributed by atoms with E-state index in [9.17, 15) is 9.18 Å². The van der Waals surface area contributed by atoms with E-state index in [-0.39, 0.29) is 30.3 Å². The molecule has 2 N–H and O–H groups in total. The van der Waals surface area contributed by atoms with Crippen LogP contribution in [-0.2, 0) is 24.0 Å². The number of hydrogen-bond acceptors (Lipinski definition) is 6. The van der Waals surface area contributed by atoms with Gasteiger partial charge in [0.2, 0.25) is 5.79 Å². The van der Waals surface area contributed by atoms with Gasteiger partial charge in [0.1, 0.15) is 5.82 Å². The summed E-state index contributed by atoms with van der Waals surface area (Å²) < 4.78 is 31.7. The highest BCUT2D eigenvalue weighted by molar-refractivity contribution is 5.89. The van der Waals surface area contributed by atoms with Crippen molar-refractivity contribution in [1.82, 2.24) is 5.32 Å². The minimum absolute atomic E-state index is 0.0824. The van der Waals surface area contributed by atoms with Gasteiger partial charge < -0.3 is 24.8 Å². The Kier molecular flexibility index (Phi) is 6.11. The molecular formula is C24H33FN2O6. The van der Waals surface area contributed by atoms with Crippen LogP contribution < -0.4 is 10.6 Å². The van der Waals surface area contributed by atoms with Crippen LogP contribution in [0.1, 0.15) is 46.5 Å². The zero-order chi connectivity index (χ0) is 23.2. The van der Waals surface area contributed by atoms with Crippen LogP contribution in [0.25, 0.3) is 0 Å². The van der Waals surface area contributed by atoms with Gasteiger partial charge in [-0.1, -0.05) is 13.8 Å². The quantitative estimate of drug-likeness (QED) is 0.502. The number of urea groups is 1. The van der Waals surface area contributed by atoms with Crippen LogP contribution in [0.5, 0.6) is 0 Å². The molecule has 0 unspecified atom stereocenters. The van der Waals surface area contributed by atoms with Gasteiger partial charge in [-0.15, -0.1) is 0 Å². The van der Waals surface area contributed by atoms with Gasteiger partial charge in [0.15, 0.2) is 18.2 Å². The summed E-state index contributed by atoms with van der Waals surface area (Å²) in [4.78, 5) is 24.0. The first kappa shape index (κ1) is 23.0. The Morgan fingerprint density at radius 1 is 1.15 bits per heavy atom. The molecule has 5 fully saturated rings. The maximum Gasteiger partial charge on any atom is 0.319 e. The van der Waals surface area contributed by atoms with Gasteiger partial charge >= 0.3 is 6.03 Å². The van der Waals surface area contributed by atoms with Gasteiger partial charge in [-0.3, -0.25) is 0 Å². The molecule has 182 valence electrons. The van der Waals surface area contributed by atoms with Gasteiger partial charge in [0.25, 0.3) is 0 Å². The maximum atomic E-state index is 13.0. The van der Waals surface area contributed by atoms with Crippen molar-refractivity contribution in [2.45, 2.75) is 70.4 Å². The molecule has 1 aliphatic carbocycles. The Hall–Kier alpha value is -1.78. The fourth-order valence-electron chi connectivity index (χ4n) is 6.11. The van der Waals surface area contributed by atoms with Crippen molar-refractivity contribution in [2.24, 2.45) is 23.7 Å². The van der Waals surface area contributed by atoms with Crippen molar-refractivity contribution in [3.8, 4) is 0 Å². The number of nitrogens with one attached hydrogen (secondary N) is 2. The summed E-state index contributed by atoms with van der Waals surface area (Å²) in [7, 11) is 0. The van der Waals surface area contributed by atoms with E-state index < -0.39 is 24.0 Å². The zero-order valence-electron chi connectivity index (χ0n) is 19.3. The van der Waals surface area contributed by atoms with E-state index in [2.05, 4.69) is 24.5 Å². The number of anilines is 1. The minimum atomic E-state index is -0.817. The highest BCUT2D eigenvalue weighted by atomic mass is 19.1. The van der Waals surface area contributed by atoms with Gasteiger partial charge in [-0.05, 0) is 62.3 Å². The second-order valence-electron chi connectivity index (χ2n) is 10.0. The van der Waals surface area contributed by atoms with Crippen LogP contribution >= 0.6 is 0 Å². The average Bonchev–Trinajstić information content (AvgIpc) is 3.02. The molecule has 1 saturated carbocycles. The number of ether oxygens (including phenoxy) is 3. The Morgan fingerprint density at radius 2 is 1.94 bits per heavy atom. The lowest BCUT2D eigenvalue weighted by molar-refractivity contribution is -0.577. The van der Waals surface area contributed by atoms with Crippen molar-refractivity contribution in [1.29, 1.82) is 0 Å². The topological polar surface area (TPSA) is 87.3 Å². The Balaban J connectivity index is 1.19. The van der Waals surface area contributed by atoms with E-state index in [0.29, 0.717) is 24.1 Å². The number of carbonyl (C=O) groups excluding carboxylic acids is 1. The lowest BCUT2D eigenvalue weighted by Crippen LogP contribution is -2.70. The maximum absolute atomic E-state index is 13.0. The minimum Gasteiger partial charge on any atom is -0.350 e. The third-order valence-corrected chi connectivity index (χ3v) is 7.87. The third kappa shape index (κ3) is 4.14. The van der Waals surface area contributed by atoms with Gasteiger partial charge in [0.05, 0.1) is 6.61 Å². The van der Waals surface area contributed by atoms with Crippen LogP contribution in [0, 0.1) is 29.5 Å². The van der Waals surface area contributed by atoms with E-state index in [1.54, 1.807) is 0 Å². The first-order chi connectivity index (χ1) is 15.8. The van der Waals surface area contributed by atoms with Crippen molar-refractivity contribution < 1.29 is 33.2 Å². The molecule has 8 nitrogen and oxygen atoms in total. The molecule has 1 aromatic rings. The van der Waals surface area contributed by atoms with Crippen molar-refractivity contribution in [2.75, 3.05) is 18.5 Å². The van der Waals surface area contributed by atoms with Crippen LogP contribution in [-0.4, -0.2) is 43.2 Å². The monoisotopic (exact) mass is 464 g/mol. The van der Waals surface area contributed by atoms with Crippen molar-refractivity contribution in [3.05, 3.63) is 30.1 Å². The fraction of sp³-hybridized carbons (Fsp3) is 0.708. The van der Waals surface area contributed by atoms with E-state index in [1.807, 2.05) is 6.92 Å². The van der Waals surface area contributed by atoms with E-state index in [4.69, 9.17) is 24.0 Å². The Bertz CT molecular complexity index is 871. The number of rotatable bonds is 5. The average molecular weight is 465 g/mol. The van der Waals surface area contributed by atoms with Gasteiger partial charge in [0, 0.05) is 30.5 Å². The highest BCUT2D eigenvalue weighted by Gasteiger charge is 2.69. The molecule has 2 bridgehead atoms. The predicted molar refractivity (Wildman–Crippen MR) is 116 cm³/mol. The first-order valence-corrected chi connectivity index (χ1v) is 11.9. The molecule has 4 heterocycles. The second kappa shape index (κ2) is 8.78. The summed E-state index contributed by atoms with van der Waals surface area (Å²) in [6, 6.07) is 5.21. The lowest BCUT2D eigenvalue weighted by atomic mass is 9.58. The summed E-state index contributed by atoms with van der Waals surface area (Å²) in [5.41, 5.74) is -0.0954. The normalized spacial score (nSPS) is 41.7. The summed E-state index contributed by atoms with van der Waals surface area (Å²) in [6.07, 6.45) is 2.87. The molecule has 0 radical (unpaired) electrons. The molecule has 6 rings (SSSR count). The Morgan fingerprint density at radius 3 is 2.73 bits per heavy atom. The van der Waals surface area contributed by atoms with Crippen LogP contribution in [0.3, 0.4) is 0 Å². The standard InChI is InChI=1S/C24H33FN2O6/c1-14-4-9-19-15(2)20(29-13-12-26-22(28)27-17-7-5-16(25)6-8-17)30-21-24(19)18(14)10-11-23(3,31-21)32-33-24/h5-8,14-15,18-21H,4,9-13H2,1-3H3,(H2,26,27,28)/t14-,15-,18+,19+,20+,21-,23-,24-/m1/s1. The third-order valence-electron chi connectivity index (χ3n) is 7.87. The van der Waals surface area contributed by atoms with E-state index in [1.165, 1.54) is 24.3 Å². The number of fused-ring (bicyclic) bond motifs is 2. The molecule has 9 heteroatoms. The summed E-state index contributed by atoms with van der Waals surface area (Å²) in [5, 5.41) is 5.41. The van der Waals surface area contributed by atoms with Gasteiger partial charge in [-0.25, -0.2) is 19.0 Å². The first-order valence-electron chi connectivity index (χ1n) is 11.9. The van der Waals surface area contributed by atoms with Crippen molar-refractivity contribution in [3.63, 3.8) is 0 Å². The number of amides is 2. The number of benzene rings is 1. The molecule has 1 spiro atoms. The predicted octanol–water partition coefficient (Wildman–Crippen LogP) is 4.17. The van der Waals surface area contributed by atoms with Crippen LogP contribution in [0.4, 0.5) is 14.9 Å². The Labute approximate surface area is 193 Å². The lowest BCUT2D eigenvalue weighted by Gasteiger charge is -2.60. The molecule has 8 atom stereocenters. The number of halogens is 1. The molecular weight excluding hydrogens is 431 g/mol. The van der Waals surface area contributed by atoms with Crippen molar-refractivity contribution >= 4 is 11.7 Å². The summed E-state index contributed by atoms with van der Waals surface area (Å²) in [6.45, 7) is 6.90. The number of hydrogen-bond donors (Lipinski definition) is 2. The van der Waals surface area contributed by atoms with Crippen LogP contribution in [0.2, 0.25) is 0 Å². The van der Waals surface area contributed by atoms with E-state index in [0.717, 1.165) is 25.7 Å². The summed E-state index contributed by atoms with van der Waals surface area (Å²) in [5.74, 6) is -0.0748. The second-order valence-corrected chi connectivity index (χ2v) is 10.0. The highest BCUT2D eigenvalue weighted by Crippen LogP contribution is 2.60. The zero-order valence-corrected chi connectivity index (χ0v) is 19.3. The fourth-order valence-corrected chi connectivity index (χ4v) is 6.11. The molecule has 2 amide bonds.